The van der Waals surface area contributed by atoms with Crippen LogP contribution in [0, 0.1) is 72.5 Å². The lowest BCUT2D eigenvalue weighted by atomic mass is 9.59. The van der Waals surface area contributed by atoms with Crippen LogP contribution in [-0.2, 0) is 6.42 Å². The van der Waals surface area contributed by atoms with Crippen molar-refractivity contribution in [1.82, 2.24) is 0 Å². The van der Waals surface area contributed by atoms with E-state index in [-0.39, 0.29) is 0 Å². The molecule has 2 N–H and O–H groups in total. The summed E-state index contributed by atoms with van der Waals surface area (Å²) in [5, 5.41) is 0. The van der Waals surface area contributed by atoms with Crippen LogP contribution in [0.2, 0.25) is 0 Å². The molecule has 4 saturated carbocycles. The fourth-order valence-electron chi connectivity index (χ4n) is 12.4. The fourth-order valence-corrected chi connectivity index (χ4v) is 12.4. The third kappa shape index (κ3) is 5.27. The predicted molar refractivity (Wildman–Crippen MR) is 193 cm³/mol. The van der Waals surface area contributed by atoms with Crippen molar-refractivity contribution in [3.05, 3.63) is 52.1 Å². The predicted octanol–water partition coefficient (Wildman–Crippen LogP) is 12.5. The molecule has 1 aromatic rings. The summed E-state index contributed by atoms with van der Waals surface area (Å²) in [5.41, 5.74) is 18.2. The molecule has 0 amide bonds. The second-order valence-electron chi connectivity index (χ2n) is 16.9. The molecule has 2 spiro atoms. The molecule has 8 unspecified atom stereocenters. The average Bonchev–Trinajstić information content (AvgIpc) is 3.20. The average molecular weight is 600 g/mol. The van der Waals surface area contributed by atoms with Gasteiger partial charge in [-0.15, -0.1) is 0 Å². The monoisotopic (exact) mass is 600 g/mol. The van der Waals surface area contributed by atoms with E-state index in [2.05, 4.69) is 60.6 Å². The highest BCUT2D eigenvalue weighted by molar-refractivity contribution is 5.58. The summed E-state index contributed by atoms with van der Waals surface area (Å²) in [7, 11) is 0. The molecule has 44 heavy (non-hydrogen) atoms. The molecule has 0 radical (unpaired) electrons. The SMILES string of the molecule is C=C(CC1CCC23C(=CCC24C2CCC(CCCCC(C)C)C2(C)CCC34)C1)C(CC)Cc1c(C)cc(C)c(N)c1C.CC. The Balaban J connectivity index is 0.00000188. The van der Waals surface area contributed by atoms with Gasteiger partial charge in [0, 0.05) is 11.1 Å². The maximum absolute atomic E-state index is 6.47. The van der Waals surface area contributed by atoms with Crippen LogP contribution in [0.1, 0.15) is 154 Å². The Kier molecular flexibility index (Phi) is 9.96. The number of rotatable bonds is 11. The van der Waals surface area contributed by atoms with E-state index in [1.807, 2.05) is 19.4 Å². The summed E-state index contributed by atoms with van der Waals surface area (Å²) < 4.78 is 0. The third-order valence-corrected chi connectivity index (χ3v) is 14.7. The highest BCUT2D eigenvalue weighted by atomic mass is 14.9. The first kappa shape index (κ1) is 33.9. The van der Waals surface area contributed by atoms with Crippen molar-refractivity contribution in [1.29, 1.82) is 0 Å². The number of benzene rings is 1. The largest absolute Gasteiger partial charge is 0.398 e. The summed E-state index contributed by atoms with van der Waals surface area (Å²) in [4.78, 5) is 0. The summed E-state index contributed by atoms with van der Waals surface area (Å²) in [6.07, 6.45) is 23.9. The minimum atomic E-state index is 0.560. The summed E-state index contributed by atoms with van der Waals surface area (Å²) >= 11 is 0. The van der Waals surface area contributed by atoms with Crippen LogP contribution < -0.4 is 5.73 Å². The van der Waals surface area contributed by atoms with Gasteiger partial charge in [-0.25, -0.2) is 0 Å². The van der Waals surface area contributed by atoms with Gasteiger partial charge in [-0.3, -0.25) is 0 Å². The zero-order chi connectivity index (χ0) is 32.0. The number of hydrogen-bond acceptors (Lipinski definition) is 1. The van der Waals surface area contributed by atoms with E-state index in [1.165, 1.54) is 118 Å². The Morgan fingerprint density at radius 3 is 2.45 bits per heavy atom. The lowest BCUT2D eigenvalue weighted by Gasteiger charge is -2.45. The lowest BCUT2D eigenvalue weighted by molar-refractivity contribution is 0.0327. The molecular formula is C43H69N. The van der Waals surface area contributed by atoms with E-state index >= 15 is 0 Å². The molecule has 5 aliphatic carbocycles. The Labute approximate surface area is 273 Å². The van der Waals surface area contributed by atoms with Crippen LogP contribution in [-0.4, -0.2) is 0 Å². The van der Waals surface area contributed by atoms with Crippen molar-refractivity contribution in [2.45, 2.75) is 159 Å². The summed E-state index contributed by atoms with van der Waals surface area (Å²) in [6, 6.07) is 2.29. The minimum absolute atomic E-state index is 0.560. The van der Waals surface area contributed by atoms with Gasteiger partial charge >= 0.3 is 0 Å². The Morgan fingerprint density at radius 2 is 1.75 bits per heavy atom. The van der Waals surface area contributed by atoms with Crippen LogP contribution in [0.15, 0.2) is 29.9 Å². The highest BCUT2D eigenvalue weighted by Gasteiger charge is 2.84. The first-order valence-electron chi connectivity index (χ1n) is 19.2. The van der Waals surface area contributed by atoms with Crippen LogP contribution in [0.5, 0.6) is 0 Å². The van der Waals surface area contributed by atoms with E-state index in [4.69, 9.17) is 12.3 Å². The third-order valence-electron chi connectivity index (χ3n) is 14.7. The standard InChI is InChI=1S/C41H63N.C2H6/c1-9-32(25-35-28(5)22-29(6)38(42)30(35)7)27(4)23-31-16-20-40-34(24-31)17-21-41(40)36-15-14-33(13-11-10-12-26(2)3)39(36,8)19-18-37(40)41;1-2/h17,22,26,31-33,36-37H,4,9-16,18-21,23-25,42H2,1-3,5-8H3;1-2H3. The van der Waals surface area contributed by atoms with Crippen molar-refractivity contribution >= 4 is 5.69 Å². The zero-order valence-corrected chi connectivity index (χ0v) is 30.5. The van der Waals surface area contributed by atoms with Crippen molar-refractivity contribution in [3.63, 3.8) is 0 Å². The fraction of sp³-hybridized carbons (Fsp3) is 0.767. The Bertz CT molecular complexity index is 1230. The molecule has 0 bridgehead atoms. The van der Waals surface area contributed by atoms with Crippen LogP contribution in [0.4, 0.5) is 5.69 Å². The van der Waals surface area contributed by atoms with Gasteiger partial charge in [0.1, 0.15) is 0 Å². The van der Waals surface area contributed by atoms with Gasteiger partial charge in [0.25, 0.3) is 0 Å². The van der Waals surface area contributed by atoms with Crippen molar-refractivity contribution in [2.75, 3.05) is 5.73 Å². The Hall–Kier alpha value is -1.50. The molecule has 5 aliphatic rings. The van der Waals surface area contributed by atoms with E-state index < -0.39 is 0 Å². The molecule has 4 fully saturated rings. The van der Waals surface area contributed by atoms with Crippen molar-refractivity contribution in [2.24, 2.45) is 51.8 Å². The molecular weight excluding hydrogens is 530 g/mol. The number of hydrogen-bond donors (Lipinski definition) is 1. The molecule has 0 saturated heterocycles. The van der Waals surface area contributed by atoms with Gasteiger partial charge in [0.2, 0.25) is 0 Å². The van der Waals surface area contributed by atoms with Gasteiger partial charge in [-0.1, -0.05) is 90.7 Å². The number of fused-ring (bicyclic) bond motifs is 1. The molecule has 6 rings (SSSR count). The van der Waals surface area contributed by atoms with E-state index in [1.54, 1.807) is 0 Å². The number of aryl methyl sites for hydroxylation is 2. The highest BCUT2D eigenvalue weighted by Crippen LogP contribution is 2.90. The van der Waals surface area contributed by atoms with E-state index in [9.17, 15) is 0 Å². The van der Waals surface area contributed by atoms with Crippen molar-refractivity contribution in [3.8, 4) is 0 Å². The molecule has 246 valence electrons. The smallest absolute Gasteiger partial charge is 0.0376 e. The molecule has 0 aliphatic heterocycles. The second-order valence-corrected chi connectivity index (χ2v) is 16.9. The van der Waals surface area contributed by atoms with Gasteiger partial charge in [-0.2, -0.15) is 0 Å². The number of allylic oxidation sites excluding steroid dienone is 3. The number of anilines is 1. The van der Waals surface area contributed by atoms with Crippen LogP contribution >= 0.6 is 0 Å². The lowest BCUT2D eigenvalue weighted by Crippen LogP contribution is -2.39. The first-order chi connectivity index (χ1) is 21.0. The molecule has 1 aromatic carbocycles. The van der Waals surface area contributed by atoms with Gasteiger partial charge in [-0.05, 0) is 166 Å². The molecule has 0 aromatic heterocycles. The van der Waals surface area contributed by atoms with Gasteiger partial charge in [0.05, 0.1) is 0 Å². The summed E-state index contributed by atoms with van der Waals surface area (Å²) in [6.45, 7) is 25.3. The summed E-state index contributed by atoms with van der Waals surface area (Å²) in [5.74, 6) is 5.24. The first-order valence-corrected chi connectivity index (χ1v) is 19.2. The number of nitrogens with two attached hydrogens (primary N) is 1. The topological polar surface area (TPSA) is 26.0 Å². The normalized spacial score (nSPS) is 35.5. The van der Waals surface area contributed by atoms with Crippen molar-refractivity contribution < 1.29 is 0 Å². The van der Waals surface area contributed by atoms with Crippen LogP contribution in [0.25, 0.3) is 0 Å². The number of nitrogen functional groups attached to an aromatic ring is 1. The van der Waals surface area contributed by atoms with Crippen LogP contribution in [0.3, 0.4) is 0 Å². The Morgan fingerprint density at radius 1 is 1.00 bits per heavy atom. The molecule has 1 nitrogen and oxygen atoms in total. The second kappa shape index (κ2) is 13.0. The molecule has 0 heterocycles. The quantitative estimate of drug-likeness (QED) is 0.153. The van der Waals surface area contributed by atoms with Gasteiger partial charge in [0.15, 0.2) is 0 Å². The van der Waals surface area contributed by atoms with E-state index in [0.29, 0.717) is 22.2 Å². The minimum Gasteiger partial charge on any atom is -0.398 e. The number of unbranched alkanes of at least 4 members (excludes halogenated alkanes) is 1. The maximum Gasteiger partial charge on any atom is 0.0376 e. The van der Waals surface area contributed by atoms with E-state index in [0.717, 1.165) is 41.7 Å². The zero-order valence-electron chi connectivity index (χ0n) is 30.5. The molecule has 1 heteroatoms. The molecule has 8 atom stereocenters. The maximum atomic E-state index is 6.47. The van der Waals surface area contributed by atoms with Gasteiger partial charge < -0.3 is 5.73 Å².